The first-order chi connectivity index (χ1) is 4.93. The molecular weight excluding hydrogens is 164 g/mol. The van der Waals surface area contributed by atoms with Gasteiger partial charge in [-0.05, 0) is 6.42 Å². The lowest BCUT2D eigenvalue weighted by molar-refractivity contribution is -0.0200. The second kappa shape index (κ2) is 2.62. The summed E-state index contributed by atoms with van der Waals surface area (Å²) in [5.74, 6) is -3.85. The van der Waals surface area contributed by atoms with Crippen LogP contribution in [0.3, 0.4) is 0 Å². The number of hydrogen-bond donors (Lipinski definition) is 1. The Morgan fingerprint density at radius 3 is 2.18 bits per heavy atom. The van der Waals surface area contributed by atoms with E-state index in [0.29, 0.717) is 0 Å². The molecule has 66 valence electrons. The smallest absolute Gasteiger partial charge is 0.264 e. The Kier molecular flexibility index (Phi) is 2.09. The van der Waals surface area contributed by atoms with E-state index in [4.69, 9.17) is 5.11 Å². The summed E-state index contributed by atoms with van der Waals surface area (Å²) in [6.07, 6.45) is -5.67. The summed E-state index contributed by atoms with van der Waals surface area (Å²) in [7, 11) is 0. The maximum Gasteiger partial charge on any atom is 0.264 e. The van der Waals surface area contributed by atoms with Crippen molar-refractivity contribution < 1.29 is 22.7 Å². The van der Waals surface area contributed by atoms with E-state index in [0.717, 1.165) is 0 Å². The molecule has 1 nitrogen and oxygen atoms in total. The highest BCUT2D eigenvalue weighted by Crippen LogP contribution is 2.51. The van der Waals surface area contributed by atoms with Crippen molar-refractivity contribution in [3.05, 3.63) is 0 Å². The van der Waals surface area contributed by atoms with Crippen molar-refractivity contribution in [3.63, 3.8) is 0 Å². The van der Waals surface area contributed by atoms with Crippen LogP contribution >= 0.6 is 0 Å². The van der Waals surface area contributed by atoms with Gasteiger partial charge in [-0.2, -0.15) is 0 Å². The molecule has 0 aromatic carbocycles. The fourth-order valence-electron chi connectivity index (χ4n) is 0.920. The monoisotopic (exact) mass is 172 g/mol. The molecule has 5 heteroatoms. The van der Waals surface area contributed by atoms with E-state index in [1.165, 1.54) is 0 Å². The van der Waals surface area contributed by atoms with Crippen molar-refractivity contribution in [2.75, 3.05) is 0 Å². The molecule has 0 aromatic heterocycles. The van der Waals surface area contributed by atoms with Gasteiger partial charge < -0.3 is 5.11 Å². The number of alkyl halides is 4. The van der Waals surface area contributed by atoms with Crippen molar-refractivity contribution >= 4 is 0 Å². The van der Waals surface area contributed by atoms with Gasteiger partial charge >= 0.3 is 0 Å². The summed E-state index contributed by atoms with van der Waals surface area (Å²) in [5, 5.41) is 8.49. The van der Waals surface area contributed by atoms with Crippen LogP contribution in [0.5, 0.6) is 0 Å². The van der Waals surface area contributed by atoms with Gasteiger partial charge in [0.2, 0.25) is 0 Å². The highest BCUT2D eigenvalue weighted by atomic mass is 19.3. The first kappa shape index (κ1) is 8.77. The molecule has 0 heterocycles. The molecule has 1 aliphatic carbocycles. The molecule has 1 aliphatic rings. The molecule has 2 unspecified atom stereocenters. The predicted molar refractivity (Wildman–Crippen MR) is 29.7 cm³/mol. The van der Waals surface area contributed by atoms with Crippen molar-refractivity contribution in [1.82, 2.24) is 0 Å². The standard InChI is InChI=1S/C6H8F4O/c7-5(8)4(11)1-3-2-6(3,9)10/h3-5,11H,1-2H2. The summed E-state index contributed by atoms with van der Waals surface area (Å²) in [6.45, 7) is 0. The van der Waals surface area contributed by atoms with Gasteiger partial charge in [-0.1, -0.05) is 0 Å². The van der Waals surface area contributed by atoms with Gasteiger partial charge in [0, 0.05) is 12.3 Å². The lowest BCUT2D eigenvalue weighted by Gasteiger charge is -2.07. The fourth-order valence-corrected chi connectivity index (χ4v) is 0.920. The largest absolute Gasteiger partial charge is 0.387 e. The predicted octanol–water partition coefficient (Wildman–Crippen LogP) is 1.66. The molecule has 0 saturated heterocycles. The molecule has 1 N–H and O–H groups in total. The summed E-state index contributed by atoms with van der Waals surface area (Å²) in [5.41, 5.74) is 0. The van der Waals surface area contributed by atoms with E-state index in [1.54, 1.807) is 0 Å². The van der Waals surface area contributed by atoms with E-state index in [9.17, 15) is 17.6 Å². The minimum Gasteiger partial charge on any atom is -0.387 e. The van der Waals surface area contributed by atoms with Crippen LogP contribution < -0.4 is 0 Å². The molecule has 11 heavy (non-hydrogen) atoms. The topological polar surface area (TPSA) is 20.2 Å². The van der Waals surface area contributed by atoms with Gasteiger partial charge in [-0.25, -0.2) is 17.6 Å². The molecule has 0 spiro atoms. The van der Waals surface area contributed by atoms with Crippen LogP contribution in [0.25, 0.3) is 0 Å². The summed E-state index contributed by atoms with van der Waals surface area (Å²) < 4.78 is 47.3. The molecule has 2 atom stereocenters. The van der Waals surface area contributed by atoms with Crippen molar-refractivity contribution in [1.29, 1.82) is 0 Å². The van der Waals surface area contributed by atoms with Gasteiger partial charge in [0.05, 0.1) is 0 Å². The highest BCUT2D eigenvalue weighted by molar-refractivity contribution is 4.96. The molecule has 0 bridgehead atoms. The van der Waals surface area contributed by atoms with Crippen molar-refractivity contribution in [3.8, 4) is 0 Å². The number of aliphatic hydroxyl groups is 1. The van der Waals surface area contributed by atoms with Gasteiger partial charge in [0.15, 0.2) is 0 Å². The van der Waals surface area contributed by atoms with Gasteiger partial charge in [0.1, 0.15) is 6.10 Å². The average Bonchev–Trinajstić information content (AvgIpc) is 2.39. The number of halogens is 4. The van der Waals surface area contributed by atoms with Crippen molar-refractivity contribution in [2.24, 2.45) is 5.92 Å². The van der Waals surface area contributed by atoms with Crippen LogP contribution in [0.2, 0.25) is 0 Å². The third-order valence-corrected chi connectivity index (χ3v) is 1.77. The Morgan fingerprint density at radius 2 is 1.91 bits per heavy atom. The molecule has 0 aromatic rings. The number of rotatable bonds is 3. The van der Waals surface area contributed by atoms with Crippen LogP contribution in [0.4, 0.5) is 17.6 Å². The second-order valence-corrected chi connectivity index (χ2v) is 2.80. The van der Waals surface area contributed by atoms with Crippen LogP contribution in [0, 0.1) is 5.92 Å². The van der Waals surface area contributed by atoms with Crippen LogP contribution in [0.1, 0.15) is 12.8 Å². The molecule has 0 aliphatic heterocycles. The zero-order chi connectivity index (χ0) is 8.65. The number of hydrogen-bond acceptors (Lipinski definition) is 1. The van der Waals surface area contributed by atoms with Crippen LogP contribution in [-0.2, 0) is 0 Å². The number of aliphatic hydroxyl groups excluding tert-OH is 1. The summed E-state index contributed by atoms with van der Waals surface area (Å²) >= 11 is 0. The molecule has 0 amide bonds. The Balaban J connectivity index is 2.23. The Labute approximate surface area is 61.0 Å². The Bertz CT molecular complexity index is 148. The minimum atomic E-state index is -2.91. The minimum absolute atomic E-state index is 0.364. The first-order valence-electron chi connectivity index (χ1n) is 3.27. The molecule has 0 radical (unpaired) electrons. The maximum atomic E-state index is 12.1. The van der Waals surface area contributed by atoms with Gasteiger partial charge in [-0.3, -0.25) is 0 Å². The normalized spacial score (nSPS) is 30.5. The van der Waals surface area contributed by atoms with Crippen molar-refractivity contribution in [2.45, 2.75) is 31.3 Å². The molecule has 1 rings (SSSR count). The third kappa shape index (κ3) is 2.05. The summed E-state index contributed by atoms with van der Waals surface area (Å²) in [6, 6.07) is 0. The van der Waals surface area contributed by atoms with E-state index < -0.39 is 30.8 Å². The zero-order valence-electron chi connectivity index (χ0n) is 5.61. The van der Waals surface area contributed by atoms with Gasteiger partial charge in [0.25, 0.3) is 12.3 Å². The molecule has 1 fully saturated rings. The Morgan fingerprint density at radius 1 is 1.45 bits per heavy atom. The third-order valence-electron chi connectivity index (χ3n) is 1.77. The Hall–Kier alpha value is -0.320. The summed E-state index contributed by atoms with van der Waals surface area (Å²) in [4.78, 5) is 0. The molecular formula is C6H8F4O. The van der Waals surface area contributed by atoms with E-state index in [2.05, 4.69) is 0 Å². The lowest BCUT2D eigenvalue weighted by atomic mass is 10.2. The quantitative estimate of drug-likeness (QED) is 0.642. The van der Waals surface area contributed by atoms with Crippen LogP contribution in [0.15, 0.2) is 0 Å². The second-order valence-electron chi connectivity index (χ2n) is 2.80. The highest BCUT2D eigenvalue weighted by Gasteiger charge is 2.57. The average molecular weight is 172 g/mol. The zero-order valence-corrected chi connectivity index (χ0v) is 5.61. The lowest BCUT2D eigenvalue weighted by Crippen LogP contribution is -2.19. The van der Waals surface area contributed by atoms with E-state index >= 15 is 0 Å². The van der Waals surface area contributed by atoms with E-state index in [1.807, 2.05) is 0 Å². The molecule has 1 saturated carbocycles. The maximum absolute atomic E-state index is 12.1. The fraction of sp³-hybridized carbons (Fsp3) is 1.00. The van der Waals surface area contributed by atoms with Gasteiger partial charge in [-0.15, -0.1) is 0 Å². The SMILES string of the molecule is OC(CC1CC1(F)F)C(F)F. The van der Waals surface area contributed by atoms with E-state index in [-0.39, 0.29) is 6.42 Å². The van der Waals surface area contributed by atoms with Crippen LogP contribution in [-0.4, -0.2) is 23.6 Å². The first-order valence-corrected chi connectivity index (χ1v) is 3.27.